The van der Waals surface area contributed by atoms with Crippen LogP contribution in [0.1, 0.15) is 23.2 Å². The summed E-state index contributed by atoms with van der Waals surface area (Å²) in [5, 5.41) is 13.8. The summed E-state index contributed by atoms with van der Waals surface area (Å²) in [6.45, 7) is 0. The zero-order valence-corrected chi connectivity index (χ0v) is 30.7. The molecule has 1 atom stereocenters. The first-order chi connectivity index (χ1) is 29.2. The lowest BCUT2D eigenvalue weighted by Crippen LogP contribution is -2.34. The lowest BCUT2D eigenvalue weighted by atomic mass is 9.97. The third-order valence-electron chi connectivity index (χ3n) is 10.5. The Morgan fingerprint density at radius 2 is 1.29 bits per heavy atom. The van der Waals surface area contributed by atoms with Crippen molar-refractivity contribution in [3.63, 3.8) is 0 Å². The first-order valence-electron chi connectivity index (χ1n) is 18.8. The van der Waals surface area contributed by atoms with Crippen molar-refractivity contribution in [3.8, 4) is 22.8 Å². The summed E-state index contributed by atoms with van der Waals surface area (Å²) in [5.74, 6) is 1.10. The molecule has 0 spiro atoms. The molecule has 0 bridgehead atoms. The molecule has 7 heterocycles. The van der Waals surface area contributed by atoms with E-state index in [1.54, 1.807) is 31.1 Å². The number of imidazole rings is 1. The van der Waals surface area contributed by atoms with Crippen LogP contribution < -0.4 is 4.90 Å². The first-order valence-corrected chi connectivity index (χ1v) is 18.8. The molecule has 14 nitrogen and oxygen atoms in total. The van der Waals surface area contributed by atoms with Gasteiger partial charge in [-0.25, -0.2) is 44.9 Å². The zero-order chi connectivity index (χ0) is 38.9. The van der Waals surface area contributed by atoms with Gasteiger partial charge >= 0.3 is 0 Å². The van der Waals surface area contributed by atoms with Crippen LogP contribution in [0, 0.1) is 0 Å². The van der Waals surface area contributed by atoms with E-state index in [-0.39, 0.29) is 0 Å². The zero-order valence-electron chi connectivity index (χ0n) is 30.7. The van der Waals surface area contributed by atoms with E-state index in [0.29, 0.717) is 68.5 Å². The van der Waals surface area contributed by atoms with Crippen LogP contribution in [0.25, 0.3) is 77.4 Å². The van der Waals surface area contributed by atoms with Crippen LogP contribution in [-0.4, -0.2) is 65.7 Å². The molecule has 1 unspecified atom stereocenters. The molecule has 59 heavy (non-hydrogen) atoms. The normalized spacial score (nSPS) is 14.0. The number of para-hydroxylation sites is 3. The van der Waals surface area contributed by atoms with Crippen molar-refractivity contribution < 1.29 is 0 Å². The van der Waals surface area contributed by atoms with Gasteiger partial charge in [0.15, 0.2) is 23.5 Å². The number of aromatic nitrogens is 12. The Balaban J connectivity index is 1.22. The van der Waals surface area contributed by atoms with E-state index in [1.165, 1.54) is 0 Å². The van der Waals surface area contributed by atoms with Gasteiger partial charge in [-0.1, -0.05) is 97.1 Å². The highest BCUT2D eigenvalue weighted by molar-refractivity contribution is 6.22. The minimum Gasteiger partial charge on any atom is -0.342 e. The smallest absolute Gasteiger partial charge is 0.233 e. The summed E-state index contributed by atoms with van der Waals surface area (Å²) in [4.78, 5) is 55.7. The number of benzene rings is 5. The van der Waals surface area contributed by atoms with Crippen LogP contribution in [-0.2, 0) is 0 Å². The van der Waals surface area contributed by atoms with Crippen LogP contribution >= 0.6 is 0 Å². The van der Waals surface area contributed by atoms with Gasteiger partial charge in [0.05, 0.1) is 47.2 Å². The third-order valence-corrected chi connectivity index (χ3v) is 10.5. The Morgan fingerprint density at radius 3 is 2.20 bits per heavy atom. The van der Waals surface area contributed by atoms with Gasteiger partial charge in [0.2, 0.25) is 5.95 Å². The number of nitrogens with zero attached hydrogens (tertiary/aromatic N) is 13. The molecular formula is C45H26N14. The summed E-state index contributed by atoms with van der Waals surface area (Å²) >= 11 is 0. The fourth-order valence-corrected chi connectivity index (χ4v) is 7.69. The van der Waals surface area contributed by atoms with E-state index in [4.69, 9.17) is 50.0 Å². The molecule has 0 radical (unpaired) electrons. The van der Waals surface area contributed by atoms with Crippen LogP contribution in [0.5, 0.6) is 0 Å². The Hall–Kier alpha value is -8.52. The Kier molecular flexibility index (Phi) is 7.22. The van der Waals surface area contributed by atoms with Crippen molar-refractivity contribution in [1.82, 2.24) is 60.0 Å². The molecule has 1 aliphatic heterocycles. The van der Waals surface area contributed by atoms with Crippen LogP contribution in [0.2, 0.25) is 0 Å². The number of rotatable bonds is 5. The molecule has 0 saturated heterocycles. The van der Waals surface area contributed by atoms with Gasteiger partial charge in [0, 0.05) is 27.9 Å². The molecule has 0 saturated carbocycles. The van der Waals surface area contributed by atoms with Crippen molar-refractivity contribution in [2.75, 3.05) is 4.90 Å². The van der Waals surface area contributed by atoms with Gasteiger partial charge in [-0.3, -0.25) is 9.88 Å². The largest absolute Gasteiger partial charge is 0.342 e. The summed E-state index contributed by atoms with van der Waals surface area (Å²) in [5.41, 5.74) is 7.16. The van der Waals surface area contributed by atoms with Gasteiger partial charge in [0.25, 0.3) is 0 Å². The number of fused-ring (bicyclic) bond motifs is 6. The summed E-state index contributed by atoms with van der Waals surface area (Å²) in [6, 6.07) is 37.8. The molecule has 6 aromatic heterocycles. The van der Waals surface area contributed by atoms with Crippen molar-refractivity contribution in [3.05, 3.63) is 163 Å². The highest BCUT2D eigenvalue weighted by Crippen LogP contribution is 2.43. The summed E-state index contributed by atoms with van der Waals surface area (Å²) < 4.78 is 0. The van der Waals surface area contributed by atoms with Crippen molar-refractivity contribution >= 4 is 72.1 Å². The van der Waals surface area contributed by atoms with Crippen molar-refractivity contribution in [2.45, 2.75) is 6.17 Å². The Morgan fingerprint density at radius 1 is 0.508 bits per heavy atom. The molecule has 1 N–H and O–H groups in total. The number of aromatic amines is 1. The molecule has 1 aliphatic rings. The number of hydrogen-bond donors (Lipinski definition) is 1. The molecule has 0 fully saturated rings. The van der Waals surface area contributed by atoms with E-state index in [9.17, 15) is 0 Å². The van der Waals surface area contributed by atoms with Gasteiger partial charge in [-0.15, -0.1) is 5.10 Å². The molecular weight excluding hydrogens is 737 g/mol. The maximum Gasteiger partial charge on any atom is 0.233 e. The minimum atomic E-state index is -0.910. The number of anilines is 2. The number of aliphatic imine (C=N–C) groups is 1. The summed E-state index contributed by atoms with van der Waals surface area (Å²) in [6.07, 6.45) is 7.63. The van der Waals surface area contributed by atoms with E-state index >= 15 is 0 Å². The molecule has 12 rings (SSSR count). The Labute approximate surface area is 333 Å². The molecule has 5 aromatic carbocycles. The maximum atomic E-state index is 5.55. The monoisotopic (exact) mass is 762 g/mol. The van der Waals surface area contributed by atoms with Gasteiger partial charge in [-0.2, -0.15) is 5.10 Å². The van der Waals surface area contributed by atoms with Crippen LogP contribution in [0.3, 0.4) is 0 Å². The average Bonchev–Trinajstić information content (AvgIpc) is 3.78. The van der Waals surface area contributed by atoms with E-state index in [0.717, 1.165) is 43.5 Å². The van der Waals surface area contributed by atoms with Crippen LogP contribution in [0.4, 0.5) is 11.8 Å². The number of nitrogens with one attached hydrogen (secondary N) is 1. The predicted molar refractivity (Wildman–Crippen MR) is 225 cm³/mol. The van der Waals surface area contributed by atoms with Gasteiger partial charge in [0.1, 0.15) is 34.0 Å². The van der Waals surface area contributed by atoms with Gasteiger partial charge in [-0.05, 0) is 29.0 Å². The number of hydrogen-bond acceptors (Lipinski definition) is 13. The van der Waals surface area contributed by atoms with E-state index < -0.39 is 6.17 Å². The highest BCUT2D eigenvalue weighted by atomic mass is 15.4. The summed E-state index contributed by atoms with van der Waals surface area (Å²) in [7, 11) is 0. The molecule has 0 amide bonds. The maximum absolute atomic E-state index is 5.55. The molecule has 14 heteroatoms. The first kappa shape index (κ1) is 32.7. The average molecular weight is 763 g/mol. The fourth-order valence-electron chi connectivity index (χ4n) is 7.69. The lowest BCUT2D eigenvalue weighted by molar-refractivity contribution is 0.655. The van der Waals surface area contributed by atoms with Crippen molar-refractivity contribution in [2.24, 2.45) is 4.99 Å². The fraction of sp³-hybridized carbons (Fsp3) is 0.0222. The van der Waals surface area contributed by atoms with Gasteiger partial charge < -0.3 is 4.98 Å². The molecule has 0 aliphatic carbocycles. The van der Waals surface area contributed by atoms with Crippen LogP contribution in [0.15, 0.2) is 151 Å². The predicted octanol–water partition coefficient (Wildman–Crippen LogP) is 8.15. The Bertz CT molecular complexity index is 3500. The van der Waals surface area contributed by atoms with E-state index in [1.807, 2.05) is 102 Å². The third kappa shape index (κ3) is 5.34. The second-order valence-electron chi connectivity index (χ2n) is 14.0. The van der Waals surface area contributed by atoms with E-state index in [2.05, 4.69) is 33.3 Å². The second kappa shape index (κ2) is 13.0. The topological polar surface area (TPSA) is 173 Å². The SMILES string of the molecule is c1ccc2nc(N3c4nc(-c5cnc6ccccc6n5)c(-c5nncc6ccccc56)nc4C(c4cccc5ccccc45)=NC3c3ncc4[nH]cnc4n3)ncc2c1. The minimum absolute atomic E-state index is 0.323. The number of H-pyrrole nitrogens is 1. The highest BCUT2D eigenvalue weighted by Gasteiger charge is 2.39. The molecule has 276 valence electrons. The van der Waals surface area contributed by atoms with Crippen molar-refractivity contribution in [1.29, 1.82) is 0 Å². The quantitative estimate of drug-likeness (QED) is 0.179. The lowest BCUT2D eigenvalue weighted by Gasteiger charge is -2.33. The standard InChI is InChI=1S/C45H26N14/c1-4-14-28-25(10-1)13-9-16-30(28)36-40-43(59(45-48-20-27-12-3-6-17-31(27)53-45)44(55-36)42-47-23-35-41(57-42)50-24-49-35)56-38(34-22-46-32-18-7-8-19-33(32)52-34)39(54-40)37-29-15-5-2-11-26(29)21-51-58-37/h1-24,44H,(H,47,49,50,57). The molecule has 11 aromatic rings. The second-order valence-corrected chi connectivity index (χ2v) is 14.0.